The van der Waals surface area contributed by atoms with Crippen LogP contribution >= 0.6 is 24.0 Å². The molecule has 0 aromatic rings. The van der Waals surface area contributed by atoms with Crippen molar-refractivity contribution in [3.05, 3.63) is 0 Å². The van der Waals surface area contributed by atoms with Crippen LogP contribution in [0.4, 0.5) is 0 Å². The number of likely N-dealkylation sites (tertiary alicyclic amines) is 1. The quantitative estimate of drug-likeness (QED) is 0.471. The fourth-order valence-electron chi connectivity index (χ4n) is 2.54. The molecule has 0 aromatic heterocycles. The Labute approximate surface area is 128 Å². The largest absolute Gasteiger partial charge is 0.378 e. The Morgan fingerprint density at radius 3 is 2.72 bits per heavy atom. The molecule has 18 heavy (non-hydrogen) atoms. The van der Waals surface area contributed by atoms with E-state index in [9.17, 15) is 0 Å². The van der Waals surface area contributed by atoms with E-state index in [4.69, 9.17) is 9.73 Å². The summed E-state index contributed by atoms with van der Waals surface area (Å²) in [4.78, 5) is 7.08. The standard InChI is InChI=1S/C13H25N3O.HI/c1-2-14-13(16-9-3-4-10-16)15-8-7-12-6-5-11-17-12;/h12H,2-11H2,1H3,(H,14,15);1H. The number of hydrogen-bond acceptors (Lipinski definition) is 2. The van der Waals surface area contributed by atoms with Gasteiger partial charge in [-0.2, -0.15) is 0 Å². The van der Waals surface area contributed by atoms with E-state index < -0.39 is 0 Å². The molecule has 2 rings (SSSR count). The third-order valence-corrected chi connectivity index (χ3v) is 3.48. The number of guanidine groups is 1. The van der Waals surface area contributed by atoms with E-state index in [-0.39, 0.29) is 24.0 Å². The second-order valence-electron chi connectivity index (χ2n) is 4.85. The lowest BCUT2D eigenvalue weighted by atomic mass is 10.2. The first kappa shape index (κ1) is 16.0. The van der Waals surface area contributed by atoms with Crippen molar-refractivity contribution < 1.29 is 4.74 Å². The molecule has 0 aliphatic carbocycles. The average molecular weight is 367 g/mol. The van der Waals surface area contributed by atoms with E-state index in [2.05, 4.69) is 17.1 Å². The number of hydrogen-bond donors (Lipinski definition) is 1. The second kappa shape index (κ2) is 8.96. The Bertz CT molecular complexity index is 249. The highest BCUT2D eigenvalue weighted by Crippen LogP contribution is 2.15. The molecule has 2 saturated heterocycles. The highest BCUT2D eigenvalue weighted by atomic mass is 127. The minimum Gasteiger partial charge on any atom is -0.378 e. The minimum absolute atomic E-state index is 0. The van der Waals surface area contributed by atoms with Crippen LogP contribution in [0.5, 0.6) is 0 Å². The summed E-state index contributed by atoms with van der Waals surface area (Å²) in [5.74, 6) is 1.10. The molecule has 5 heteroatoms. The zero-order chi connectivity index (χ0) is 11.9. The molecule has 2 aliphatic rings. The molecule has 2 aliphatic heterocycles. The molecule has 2 heterocycles. The Morgan fingerprint density at radius 1 is 1.33 bits per heavy atom. The van der Waals surface area contributed by atoms with Crippen molar-refractivity contribution in [1.29, 1.82) is 0 Å². The lowest BCUT2D eigenvalue weighted by Gasteiger charge is -2.20. The number of nitrogens with zero attached hydrogens (tertiary/aromatic N) is 2. The summed E-state index contributed by atoms with van der Waals surface area (Å²) in [5.41, 5.74) is 0. The van der Waals surface area contributed by atoms with E-state index >= 15 is 0 Å². The van der Waals surface area contributed by atoms with E-state index in [1.165, 1.54) is 25.7 Å². The van der Waals surface area contributed by atoms with E-state index in [1.807, 2.05) is 0 Å². The Morgan fingerprint density at radius 2 is 2.11 bits per heavy atom. The summed E-state index contributed by atoms with van der Waals surface area (Å²) in [6, 6.07) is 0. The third-order valence-electron chi connectivity index (χ3n) is 3.48. The third kappa shape index (κ3) is 4.91. The van der Waals surface area contributed by atoms with Crippen molar-refractivity contribution >= 4 is 29.9 Å². The highest BCUT2D eigenvalue weighted by Gasteiger charge is 2.17. The highest BCUT2D eigenvalue weighted by molar-refractivity contribution is 14.0. The van der Waals surface area contributed by atoms with Crippen molar-refractivity contribution in [3.8, 4) is 0 Å². The Kier molecular flexibility index (Phi) is 7.97. The van der Waals surface area contributed by atoms with E-state index in [0.29, 0.717) is 6.10 Å². The summed E-state index contributed by atoms with van der Waals surface area (Å²) in [5, 5.41) is 3.39. The number of rotatable bonds is 4. The van der Waals surface area contributed by atoms with Crippen LogP contribution in [0, 0.1) is 0 Å². The van der Waals surface area contributed by atoms with Gasteiger partial charge in [0.05, 0.1) is 6.10 Å². The SMILES string of the molecule is CCNC(=NCCC1CCCO1)N1CCCC1.I. The average Bonchev–Trinajstić information content (AvgIpc) is 3.01. The zero-order valence-corrected chi connectivity index (χ0v) is 13.7. The molecule has 0 amide bonds. The van der Waals surface area contributed by atoms with Crippen molar-refractivity contribution in [2.75, 3.05) is 32.8 Å². The van der Waals surface area contributed by atoms with Crippen LogP contribution in [0.25, 0.3) is 0 Å². The van der Waals surface area contributed by atoms with Gasteiger partial charge in [0.1, 0.15) is 0 Å². The van der Waals surface area contributed by atoms with Crippen LogP contribution in [-0.2, 0) is 4.74 Å². The van der Waals surface area contributed by atoms with Gasteiger partial charge in [-0.05, 0) is 39.0 Å². The van der Waals surface area contributed by atoms with Gasteiger partial charge in [0.2, 0.25) is 0 Å². The maximum atomic E-state index is 5.62. The van der Waals surface area contributed by atoms with Crippen LogP contribution in [0.3, 0.4) is 0 Å². The number of nitrogens with one attached hydrogen (secondary N) is 1. The van der Waals surface area contributed by atoms with Gasteiger partial charge in [0, 0.05) is 32.8 Å². The number of halogens is 1. The summed E-state index contributed by atoms with van der Waals surface area (Å²) in [6.07, 6.45) is 6.57. The summed E-state index contributed by atoms with van der Waals surface area (Å²) >= 11 is 0. The number of ether oxygens (including phenoxy) is 1. The summed E-state index contributed by atoms with van der Waals surface area (Å²) in [6.45, 7) is 7.24. The lowest BCUT2D eigenvalue weighted by Crippen LogP contribution is -2.39. The molecule has 0 bridgehead atoms. The first-order valence-corrected chi connectivity index (χ1v) is 7.05. The van der Waals surface area contributed by atoms with Crippen molar-refractivity contribution in [3.63, 3.8) is 0 Å². The number of aliphatic imine (C=N–C) groups is 1. The van der Waals surface area contributed by atoms with Crippen LogP contribution in [0.2, 0.25) is 0 Å². The molecule has 1 unspecified atom stereocenters. The van der Waals surface area contributed by atoms with Crippen LogP contribution in [0.15, 0.2) is 4.99 Å². The maximum Gasteiger partial charge on any atom is 0.193 e. The molecule has 0 aromatic carbocycles. The van der Waals surface area contributed by atoms with Crippen molar-refractivity contribution in [2.45, 2.75) is 45.1 Å². The van der Waals surface area contributed by atoms with Gasteiger partial charge >= 0.3 is 0 Å². The first-order chi connectivity index (χ1) is 8.40. The van der Waals surface area contributed by atoms with Gasteiger partial charge in [-0.1, -0.05) is 0 Å². The Hall–Kier alpha value is -0.0400. The summed E-state index contributed by atoms with van der Waals surface area (Å²) < 4.78 is 5.62. The normalized spacial score (nSPS) is 24.2. The molecular weight excluding hydrogens is 341 g/mol. The zero-order valence-electron chi connectivity index (χ0n) is 11.4. The van der Waals surface area contributed by atoms with Gasteiger partial charge in [0.25, 0.3) is 0 Å². The molecule has 0 radical (unpaired) electrons. The summed E-state index contributed by atoms with van der Waals surface area (Å²) in [7, 11) is 0. The molecule has 2 fully saturated rings. The molecule has 0 spiro atoms. The molecule has 1 atom stereocenters. The molecule has 106 valence electrons. The fraction of sp³-hybridized carbons (Fsp3) is 0.923. The van der Waals surface area contributed by atoms with Crippen LogP contribution in [0.1, 0.15) is 39.0 Å². The maximum absolute atomic E-state index is 5.62. The second-order valence-corrected chi connectivity index (χ2v) is 4.85. The smallest absolute Gasteiger partial charge is 0.193 e. The minimum atomic E-state index is 0. The Balaban J connectivity index is 0.00000162. The monoisotopic (exact) mass is 367 g/mol. The molecular formula is C13H26IN3O. The predicted molar refractivity (Wildman–Crippen MR) is 85.8 cm³/mol. The fourth-order valence-corrected chi connectivity index (χ4v) is 2.54. The lowest BCUT2D eigenvalue weighted by molar-refractivity contribution is 0.106. The van der Waals surface area contributed by atoms with Gasteiger partial charge in [-0.25, -0.2) is 0 Å². The van der Waals surface area contributed by atoms with Gasteiger partial charge in [-0.15, -0.1) is 24.0 Å². The van der Waals surface area contributed by atoms with E-state index in [0.717, 1.165) is 45.2 Å². The van der Waals surface area contributed by atoms with Gasteiger partial charge < -0.3 is 15.0 Å². The van der Waals surface area contributed by atoms with Crippen molar-refractivity contribution in [2.24, 2.45) is 4.99 Å². The predicted octanol–water partition coefficient (Wildman–Crippen LogP) is 2.23. The first-order valence-electron chi connectivity index (χ1n) is 7.05. The molecule has 4 nitrogen and oxygen atoms in total. The van der Waals surface area contributed by atoms with Gasteiger partial charge in [0.15, 0.2) is 5.96 Å². The molecule has 0 saturated carbocycles. The van der Waals surface area contributed by atoms with Crippen LogP contribution in [-0.4, -0.2) is 49.7 Å². The van der Waals surface area contributed by atoms with Gasteiger partial charge in [-0.3, -0.25) is 4.99 Å². The van der Waals surface area contributed by atoms with Crippen molar-refractivity contribution in [1.82, 2.24) is 10.2 Å². The van der Waals surface area contributed by atoms with Crippen LogP contribution < -0.4 is 5.32 Å². The van der Waals surface area contributed by atoms with E-state index in [1.54, 1.807) is 0 Å². The topological polar surface area (TPSA) is 36.9 Å². The molecule has 1 N–H and O–H groups in total.